The maximum absolute atomic E-state index is 11.7. The van der Waals surface area contributed by atoms with E-state index in [0.717, 1.165) is 19.3 Å². The van der Waals surface area contributed by atoms with Gasteiger partial charge in [0.05, 0.1) is 0 Å². The molecular weight excluding hydrogens is 242 g/mol. The molecule has 0 saturated carbocycles. The Bertz CT molecular complexity index is 509. The van der Waals surface area contributed by atoms with E-state index in [-0.39, 0.29) is 10.7 Å². The Labute approximate surface area is 100 Å². The molecule has 0 spiro atoms. The first-order valence-corrected chi connectivity index (χ1v) is 7.31. The molecule has 1 atom stereocenters. The smallest absolute Gasteiger partial charge is 0.182 e. The molecule has 0 radical (unpaired) electrons. The zero-order chi connectivity index (χ0) is 12.6. The van der Waals surface area contributed by atoms with Crippen LogP contribution in [0.3, 0.4) is 0 Å². The van der Waals surface area contributed by atoms with Crippen molar-refractivity contribution >= 4 is 21.5 Å². The van der Waals surface area contributed by atoms with Gasteiger partial charge in [-0.05, 0) is 6.92 Å². The third-order valence-electron chi connectivity index (χ3n) is 2.77. The molecule has 1 aromatic heterocycles. The fourth-order valence-electron chi connectivity index (χ4n) is 2.04. The number of anilines is 2. The van der Waals surface area contributed by atoms with E-state index in [4.69, 9.17) is 5.73 Å². The van der Waals surface area contributed by atoms with Gasteiger partial charge >= 0.3 is 0 Å². The molecule has 0 bridgehead atoms. The molecule has 8 heteroatoms. The Morgan fingerprint density at radius 1 is 1.53 bits per heavy atom. The van der Waals surface area contributed by atoms with Crippen molar-refractivity contribution in [2.45, 2.75) is 17.9 Å². The molecule has 1 fully saturated rings. The van der Waals surface area contributed by atoms with E-state index >= 15 is 0 Å². The van der Waals surface area contributed by atoms with E-state index in [1.54, 1.807) is 0 Å². The van der Waals surface area contributed by atoms with Gasteiger partial charge in [-0.3, -0.25) is 5.10 Å². The van der Waals surface area contributed by atoms with Crippen molar-refractivity contribution in [2.75, 3.05) is 36.5 Å². The number of aromatic nitrogens is 2. The maximum Gasteiger partial charge on any atom is 0.182 e. The van der Waals surface area contributed by atoms with E-state index in [2.05, 4.69) is 15.5 Å². The van der Waals surface area contributed by atoms with Crippen LogP contribution in [0.15, 0.2) is 4.90 Å². The summed E-state index contributed by atoms with van der Waals surface area (Å²) in [7, 11) is -3.37. The van der Waals surface area contributed by atoms with Gasteiger partial charge in [0.2, 0.25) is 0 Å². The van der Waals surface area contributed by atoms with Crippen LogP contribution in [-0.2, 0) is 9.84 Å². The molecule has 0 unspecified atom stereocenters. The lowest BCUT2D eigenvalue weighted by molar-refractivity contribution is 0.480. The highest BCUT2D eigenvalue weighted by atomic mass is 32.2. The molecule has 1 aliphatic heterocycles. The Morgan fingerprint density at radius 2 is 2.24 bits per heavy atom. The van der Waals surface area contributed by atoms with E-state index in [1.807, 2.05) is 11.8 Å². The fraction of sp³-hybridized carbons (Fsp3) is 0.667. The Hall–Kier alpha value is -1.28. The lowest BCUT2D eigenvalue weighted by atomic mass is 10.2. The SMILES string of the molecule is C[C@H]1CN(c2n[nH]c(N)c2S(C)(=O)=O)CCN1. The second-order valence-corrected chi connectivity index (χ2v) is 6.32. The van der Waals surface area contributed by atoms with Gasteiger partial charge < -0.3 is 16.0 Å². The van der Waals surface area contributed by atoms with Crippen LogP contribution in [0.25, 0.3) is 0 Å². The minimum Gasteiger partial charge on any atom is -0.383 e. The van der Waals surface area contributed by atoms with Crippen LogP contribution in [0, 0.1) is 0 Å². The van der Waals surface area contributed by atoms with E-state index in [9.17, 15) is 8.42 Å². The van der Waals surface area contributed by atoms with Gasteiger partial charge in [-0.1, -0.05) is 0 Å². The van der Waals surface area contributed by atoms with E-state index in [0.29, 0.717) is 18.4 Å². The summed E-state index contributed by atoms with van der Waals surface area (Å²) in [5, 5.41) is 9.84. The highest BCUT2D eigenvalue weighted by molar-refractivity contribution is 7.91. The molecule has 1 aliphatic rings. The summed E-state index contributed by atoms with van der Waals surface area (Å²) in [5.74, 6) is 0.534. The highest BCUT2D eigenvalue weighted by Crippen LogP contribution is 2.28. The minimum absolute atomic E-state index is 0.103. The summed E-state index contributed by atoms with van der Waals surface area (Å²) >= 11 is 0. The summed E-state index contributed by atoms with van der Waals surface area (Å²) in [6, 6.07) is 0.300. The van der Waals surface area contributed by atoms with Crippen LogP contribution >= 0.6 is 0 Å². The number of nitrogens with one attached hydrogen (secondary N) is 2. The van der Waals surface area contributed by atoms with Gasteiger partial charge in [0.1, 0.15) is 5.82 Å². The third kappa shape index (κ3) is 2.37. The quantitative estimate of drug-likeness (QED) is 0.642. The van der Waals surface area contributed by atoms with Crippen molar-refractivity contribution in [3.63, 3.8) is 0 Å². The molecule has 2 heterocycles. The average Bonchev–Trinajstić information content (AvgIpc) is 2.59. The number of nitrogen functional groups attached to an aromatic ring is 1. The number of H-pyrrole nitrogens is 1. The van der Waals surface area contributed by atoms with Crippen LogP contribution in [0.5, 0.6) is 0 Å². The van der Waals surface area contributed by atoms with Crippen LogP contribution in [0.1, 0.15) is 6.92 Å². The first-order valence-electron chi connectivity index (χ1n) is 5.42. The molecule has 17 heavy (non-hydrogen) atoms. The van der Waals surface area contributed by atoms with Crippen LogP contribution in [0.4, 0.5) is 11.6 Å². The number of piperazine rings is 1. The molecular formula is C9H17N5O2S. The lowest BCUT2D eigenvalue weighted by Gasteiger charge is -2.32. The minimum atomic E-state index is -3.37. The number of aromatic amines is 1. The van der Waals surface area contributed by atoms with Crippen LogP contribution < -0.4 is 16.0 Å². The van der Waals surface area contributed by atoms with Crippen molar-refractivity contribution in [3.8, 4) is 0 Å². The molecule has 2 rings (SSSR count). The number of sulfone groups is 1. The zero-order valence-electron chi connectivity index (χ0n) is 9.90. The summed E-state index contributed by atoms with van der Waals surface area (Å²) in [5.41, 5.74) is 5.63. The number of hydrogen-bond acceptors (Lipinski definition) is 6. The summed E-state index contributed by atoms with van der Waals surface area (Å²) < 4.78 is 23.4. The van der Waals surface area contributed by atoms with Gasteiger partial charge in [0.25, 0.3) is 0 Å². The topological polar surface area (TPSA) is 104 Å². The largest absolute Gasteiger partial charge is 0.383 e. The molecule has 1 aromatic rings. The van der Waals surface area contributed by atoms with Crippen molar-refractivity contribution in [2.24, 2.45) is 0 Å². The van der Waals surface area contributed by atoms with Gasteiger partial charge in [0, 0.05) is 31.9 Å². The number of rotatable bonds is 2. The maximum atomic E-state index is 11.7. The van der Waals surface area contributed by atoms with Crippen LogP contribution in [0.2, 0.25) is 0 Å². The van der Waals surface area contributed by atoms with E-state index < -0.39 is 9.84 Å². The monoisotopic (exact) mass is 259 g/mol. The normalized spacial score (nSPS) is 21.8. The molecule has 7 nitrogen and oxygen atoms in total. The van der Waals surface area contributed by atoms with E-state index in [1.165, 1.54) is 0 Å². The van der Waals surface area contributed by atoms with Gasteiger partial charge in [0.15, 0.2) is 20.6 Å². The first-order chi connectivity index (χ1) is 7.89. The number of nitrogens with zero attached hydrogens (tertiary/aromatic N) is 2. The zero-order valence-corrected chi connectivity index (χ0v) is 10.7. The Balaban J connectivity index is 2.39. The van der Waals surface area contributed by atoms with Gasteiger partial charge in [-0.2, -0.15) is 5.10 Å². The van der Waals surface area contributed by atoms with Crippen LogP contribution in [-0.4, -0.2) is 50.5 Å². The first kappa shape index (κ1) is 12.2. The molecule has 0 amide bonds. The summed E-state index contributed by atoms with van der Waals surface area (Å²) in [6.45, 7) is 4.28. The van der Waals surface area contributed by atoms with Crippen molar-refractivity contribution in [3.05, 3.63) is 0 Å². The predicted molar refractivity (Wildman–Crippen MR) is 65.8 cm³/mol. The van der Waals surface area contributed by atoms with Gasteiger partial charge in [-0.25, -0.2) is 8.42 Å². The fourth-order valence-corrected chi connectivity index (χ4v) is 2.99. The second-order valence-electron chi connectivity index (χ2n) is 4.36. The molecule has 0 aliphatic carbocycles. The third-order valence-corrected chi connectivity index (χ3v) is 3.91. The number of nitrogens with two attached hydrogens (primary N) is 1. The van der Waals surface area contributed by atoms with Crippen molar-refractivity contribution < 1.29 is 8.42 Å². The summed E-state index contributed by atoms with van der Waals surface area (Å²) in [6.07, 6.45) is 1.14. The molecule has 96 valence electrons. The second kappa shape index (κ2) is 4.19. The Morgan fingerprint density at radius 3 is 2.82 bits per heavy atom. The average molecular weight is 259 g/mol. The molecule has 1 saturated heterocycles. The van der Waals surface area contributed by atoms with Gasteiger partial charge in [-0.15, -0.1) is 0 Å². The summed E-state index contributed by atoms with van der Waals surface area (Å²) in [4.78, 5) is 2.04. The van der Waals surface area contributed by atoms with Crippen molar-refractivity contribution in [1.82, 2.24) is 15.5 Å². The molecule has 0 aromatic carbocycles. The molecule has 4 N–H and O–H groups in total. The standard InChI is InChI=1S/C9H17N5O2S/c1-6-5-14(4-3-11-6)9-7(17(2,15)16)8(10)12-13-9/h6,11H,3-5H2,1-2H3,(H3,10,12,13)/t6-/m0/s1. The Kier molecular flexibility index (Phi) is 3.00. The van der Waals surface area contributed by atoms with Crippen molar-refractivity contribution in [1.29, 1.82) is 0 Å². The lowest BCUT2D eigenvalue weighted by Crippen LogP contribution is -2.49. The highest BCUT2D eigenvalue weighted by Gasteiger charge is 2.27. The predicted octanol–water partition coefficient (Wildman–Crippen LogP) is -0.806. The number of hydrogen-bond donors (Lipinski definition) is 3.